The van der Waals surface area contributed by atoms with Crippen molar-refractivity contribution >= 4 is 11.8 Å². The van der Waals surface area contributed by atoms with Gasteiger partial charge in [-0.1, -0.05) is 12.1 Å². The third-order valence-corrected chi connectivity index (χ3v) is 3.21. The highest BCUT2D eigenvalue weighted by Gasteiger charge is 2.35. The number of nitrogens with zero attached hydrogens (tertiary/aromatic N) is 3. The van der Waals surface area contributed by atoms with Crippen molar-refractivity contribution < 1.29 is 14.0 Å². The van der Waals surface area contributed by atoms with Crippen LogP contribution in [-0.4, -0.2) is 33.2 Å². The fourth-order valence-electron chi connectivity index (χ4n) is 2.24. The van der Waals surface area contributed by atoms with Gasteiger partial charge in [-0.05, 0) is 18.2 Å². The van der Waals surface area contributed by atoms with Crippen LogP contribution in [0.5, 0.6) is 0 Å². The number of carbonyl (C=O) groups is 2. The molecule has 1 aliphatic heterocycles. The minimum atomic E-state index is -0.506. The zero-order valence-corrected chi connectivity index (χ0v) is 10.6. The van der Waals surface area contributed by atoms with Gasteiger partial charge >= 0.3 is 0 Å². The summed E-state index contributed by atoms with van der Waals surface area (Å²) in [6.07, 6.45) is 1.63. The van der Waals surface area contributed by atoms with Crippen LogP contribution in [0.2, 0.25) is 0 Å². The Hall–Kier alpha value is -2.50. The standard InChI is InChI=1S/C14H12FN3O2/c15-6-8-17-7-5-10(16-17)9-18-13(19)11-3-1-2-4-12(11)14(18)20/h1-5,7H,6,8-9H2. The smallest absolute Gasteiger partial charge is 0.261 e. The summed E-state index contributed by atoms with van der Waals surface area (Å²) >= 11 is 0. The average molecular weight is 273 g/mol. The number of alkyl halides is 1. The van der Waals surface area contributed by atoms with E-state index in [0.717, 1.165) is 4.90 Å². The summed E-state index contributed by atoms with van der Waals surface area (Å²) in [6.45, 7) is -0.234. The van der Waals surface area contributed by atoms with Crippen molar-refractivity contribution in [3.8, 4) is 0 Å². The molecule has 2 amide bonds. The first-order valence-electron chi connectivity index (χ1n) is 6.24. The number of rotatable bonds is 4. The molecule has 0 saturated heterocycles. The Bertz CT molecular complexity index is 646. The van der Waals surface area contributed by atoms with Gasteiger partial charge in [0.2, 0.25) is 0 Å². The molecule has 0 aliphatic carbocycles. The molecule has 6 heteroatoms. The van der Waals surface area contributed by atoms with Crippen molar-refractivity contribution in [1.82, 2.24) is 14.7 Å². The van der Waals surface area contributed by atoms with Gasteiger partial charge in [0.05, 0.1) is 29.9 Å². The van der Waals surface area contributed by atoms with Gasteiger partial charge in [0.1, 0.15) is 6.67 Å². The number of halogens is 1. The van der Waals surface area contributed by atoms with Crippen LogP contribution in [0.1, 0.15) is 26.4 Å². The van der Waals surface area contributed by atoms with Crippen LogP contribution in [0.25, 0.3) is 0 Å². The highest BCUT2D eigenvalue weighted by atomic mass is 19.1. The lowest BCUT2D eigenvalue weighted by Crippen LogP contribution is -2.29. The average Bonchev–Trinajstić information content (AvgIpc) is 2.99. The summed E-state index contributed by atoms with van der Waals surface area (Å²) < 4.78 is 13.7. The summed E-state index contributed by atoms with van der Waals surface area (Å²) in [5.41, 5.74) is 1.40. The van der Waals surface area contributed by atoms with Crippen LogP contribution < -0.4 is 0 Å². The van der Waals surface area contributed by atoms with Gasteiger partial charge in [0.15, 0.2) is 0 Å². The number of hydrogen-bond donors (Lipinski definition) is 0. The van der Waals surface area contributed by atoms with E-state index in [1.165, 1.54) is 4.68 Å². The molecule has 102 valence electrons. The van der Waals surface area contributed by atoms with Crippen molar-refractivity contribution in [2.75, 3.05) is 6.67 Å². The zero-order valence-electron chi connectivity index (χ0n) is 10.6. The largest absolute Gasteiger partial charge is 0.270 e. The summed E-state index contributed by atoms with van der Waals surface area (Å²) in [5.74, 6) is -0.628. The highest BCUT2D eigenvalue weighted by Crippen LogP contribution is 2.23. The zero-order chi connectivity index (χ0) is 14.1. The Kier molecular flexibility index (Phi) is 3.06. The lowest BCUT2D eigenvalue weighted by atomic mass is 10.1. The topological polar surface area (TPSA) is 55.2 Å². The van der Waals surface area contributed by atoms with E-state index in [4.69, 9.17) is 0 Å². The third kappa shape index (κ3) is 1.99. The van der Waals surface area contributed by atoms with Crippen LogP contribution >= 0.6 is 0 Å². The molecule has 0 saturated carbocycles. The monoisotopic (exact) mass is 273 g/mol. The Labute approximate surface area is 114 Å². The first-order chi connectivity index (χ1) is 9.70. The lowest BCUT2D eigenvalue weighted by molar-refractivity contribution is 0.0640. The molecule has 0 atom stereocenters. The molecule has 3 rings (SSSR count). The summed E-state index contributed by atoms with van der Waals surface area (Å²) in [7, 11) is 0. The van der Waals surface area contributed by atoms with E-state index in [0.29, 0.717) is 16.8 Å². The third-order valence-electron chi connectivity index (χ3n) is 3.21. The normalized spacial score (nSPS) is 13.9. The number of imide groups is 1. The number of benzene rings is 1. The molecular formula is C14H12FN3O2. The van der Waals surface area contributed by atoms with Gasteiger partial charge in [0.25, 0.3) is 11.8 Å². The van der Waals surface area contributed by atoms with E-state index in [1.807, 2.05) is 0 Å². The SMILES string of the molecule is O=C1c2ccccc2C(=O)N1Cc1ccn(CCF)n1. The Morgan fingerprint density at radius 1 is 1.05 bits per heavy atom. The molecule has 1 aromatic heterocycles. The van der Waals surface area contributed by atoms with E-state index in [9.17, 15) is 14.0 Å². The van der Waals surface area contributed by atoms with E-state index < -0.39 is 6.67 Å². The molecule has 0 N–H and O–H groups in total. The number of aromatic nitrogens is 2. The van der Waals surface area contributed by atoms with Crippen LogP contribution in [0.3, 0.4) is 0 Å². The van der Waals surface area contributed by atoms with Crippen molar-refractivity contribution in [3.05, 3.63) is 53.3 Å². The Morgan fingerprint density at radius 3 is 2.30 bits per heavy atom. The summed E-state index contributed by atoms with van der Waals surface area (Å²) in [6, 6.07) is 8.40. The second-order valence-electron chi connectivity index (χ2n) is 4.50. The van der Waals surface area contributed by atoms with E-state index >= 15 is 0 Å². The first-order valence-corrected chi connectivity index (χ1v) is 6.24. The number of hydrogen-bond acceptors (Lipinski definition) is 3. The molecular weight excluding hydrogens is 261 g/mol. The lowest BCUT2D eigenvalue weighted by Gasteiger charge is -2.11. The second kappa shape index (κ2) is 4.88. The molecule has 2 heterocycles. The van der Waals surface area contributed by atoms with Crippen LogP contribution in [0.4, 0.5) is 4.39 Å². The number of amides is 2. The van der Waals surface area contributed by atoms with Crippen molar-refractivity contribution in [2.24, 2.45) is 0 Å². The van der Waals surface area contributed by atoms with Crippen molar-refractivity contribution in [1.29, 1.82) is 0 Å². The molecule has 0 radical (unpaired) electrons. The fourth-order valence-corrected chi connectivity index (χ4v) is 2.24. The summed E-state index contributed by atoms with van der Waals surface area (Å²) in [5, 5.41) is 4.13. The van der Waals surface area contributed by atoms with Crippen LogP contribution in [-0.2, 0) is 13.1 Å². The Balaban J connectivity index is 1.82. The van der Waals surface area contributed by atoms with Gasteiger partial charge in [-0.3, -0.25) is 19.2 Å². The molecule has 20 heavy (non-hydrogen) atoms. The van der Waals surface area contributed by atoms with Crippen LogP contribution in [0, 0.1) is 0 Å². The van der Waals surface area contributed by atoms with E-state index in [2.05, 4.69) is 5.10 Å². The molecule has 0 bridgehead atoms. The second-order valence-corrected chi connectivity index (χ2v) is 4.50. The molecule has 2 aromatic rings. The minimum absolute atomic E-state index is 0.103. The molecule has 5 nitrogen and oxygen atoms in total. The fraction of sp³-hybridized carbons (Fsp3) is 0.214. The maximum Gasteiger partial charge on any atom is 0.261 e. The Morgan fingerprint density at radius 2 is 1.70 bits per heavy atom. The van der Waals surface area contributed by atoms with Gasteiger partial charge in [-0.25, -0.2) is 4.39 Å². The molecule has 0 spiro atoms. The maximum absolute atomic E-state index is 12.2. The van der Waals surface area contributed by atoms with E-state index in [1.54, 1.807) is 36.5 Å². The van der Waals surface area contributed by atoms with Crippen LogP contribution in [0.15, 0.2) is 36.5 Å². The number of aryl methyl sites for hydroxylation is 1. The summed E-state index contributed by atoms with van der Waals surface area (Å²) in [4.78, 5) is 25.5. The van der Waals surface area contributed by atoms with Crippen molar-refractivity contribution in [3.63, 3.8) is 0 Å². The van der Waals surface area contributed by atoms with E-state index in [-0.39, 0.29) is 24.9 Å². The maximum atomic E-state index is 12.2. The quantitative estimate of drug-likeness (QED) is 0.796. The number of fused-ring (bicyclic) bond motifs is 1. The number of carbonyl (C=O) groups excluding carboxylic acids is 2. The predicted octanol–water partition coefficient (Wildman–Crippen LogP) is 1.65. The highest BCUT2D eigenvalue weighted by molar-refractivity contribution is 6.21. The molecule has 1 aromatic carbocycles. The minimum Gasteiger partial charge on any atom is -0.270 e. The predicted molar refractivity (Wildman–Crippen MR) is 68.8 cm³/mol. The first kappa shape index (κ1) is 12.5. The molecule has 1 aliphatic rings. The molecule has 0 fully saturated rings. The molecule has 0 unspecified atom stereocenters. The van der Waals surface area contributed by atoms with Gasteiger partial charge in [-0.2, -0.15) is 5.10 Å². The van der Waals surface area contributed by atoms with Gasteiger partial charge in [-0.15, -0.1) is 0 Å². The van der Waals surface area contributed by atoms with Gasteiger partial charge < -0.3 is 0 Å². The van der Waals surface area contributed by atoms with Gasteiger partial charge in [0, 0.05) is 6.20 Å². The van der Waals surface area contributed by atoms with Crippen molar-refractivity contribution in [2.45, 2.75) is 13.1 Å².